The van der Waals surface area contributed by atoms with Crippen molar-refractivity contribution in [3.05, 3.63) is 93.5 Å². The molecule has 1 amide bonds. The first kappa shape index (κ1) is 22.0. The minimum atomic E-state index is -2.38. The van der Waals surface area contributed by atoms with Crippen molar-refractivity contribution in [2.24, 2.45) is 0 Å². The van der Waals surface area contributed by atoms with Gasteiger partial charge in [0.2, 0.25) is 0 Å². The van der Waals surface area contributed by atoms with Crippen molar-refractivity contribution >= 4 is 23.1 Å². The number of amides is 1. The summed E-state index contributed by atoms with van der Waals surface area (Å²) < 4.78 is 10.3. The van der Waals surface area contributed by atoms with Gasteiger partial charge >= 0.3 is 0 Å². The number of anilines is 1. The van der Waals surface area contributed by atoms with E-state index in [2.05, 4.69) is 5.32 Å². The Morgan fingerprint density at radius 1 is 1.00 bits per heavy atom. The molecule has 0 saturated carbocycles. The van der Waals surface area contributed by atoms with Gasteiger partial charge in [0.25, 0.3) is 11.6 Å². The number of rotatable bonds is 7. The lowest BCUT2D eigenvalue weighted by molar-refractivity contribution is -0.385. The van der Waals surface area contributed by atoms with Gasteiger partial charge in [0.15, 0.2) is 11.4 Å². The van der Waals surface area contributed by atoms with Crippen LogP contribution in [0.2, 0.25) is 0 Å². The predicted molar refractivity (Wildman–Crippen MR) is 119 cm³/mol. The fraction of sp³-hybridized carbons (Fsp3) is 0.167. The van der Waals surface area contributed by atoms with Crippen LogP contribution in [-0.2, 0) is 10.4 Å². The number of hydrogen-bond donors (Lipinski definition) is 2. The van der Waals surface area contributed by atoms with Crippen molar-refractivity contribution in [2.75, 3.05) is 19.5 Å². The Kier molecular flexibility index (Phi) is 5.57. The summed E-state index contributed by atoms with van der Waals surface area (Å²) in [7, 11) is 2.98. The number of aliphatic hydroxyl groups is 1. The molecule has 0 aromatic heterocycles. The first-order chi connectivity index (χ1) is 15.8. The normalized spacial score (nSPS) is 17.6. The molecule has 0 aliphatic carbocycles. The second-order valence-electron chi connectivity index (χ2n) is 7.51. The van der Waals surface area contributed by atoms with E-state index in [0.717, 1.165) is 6.07 Å². The zero-order valence-electron chi connectivity index (χ0n) is 17.8. The standard InChI is InChI=1S/C24H20N2O7/c1-32-17-8-3-14(4-9-17)21(22(27)15-5-10-18(33-2)11-6-15)24(29)19-13-16(26(30)31)7-12-20(19)25-23(24)28/h3-13,21,29H,1-2H3,(H,25,28)/t21-,24-/m1/s1. The number of ether oxygens (including phenoxy) is 2. The average molecular weight is 448 g/mol. The highest BCUT2D eigenvalue weighted by Crippen LogP contribution is 2.48. The van der Waals surface area contributed by atoms with Crippen LogP contribution in [0.1, 0.15) is 27.4 Å². The zero-order chi connectivity index (χ0) is 23.8. The number of carbonyl (C=O) groups is 2. The summed E-state index contributed by atoms with van der Waals surface area (Å²) in [6.07, 6.45) is 0. The molecule has 168 valence electrons. The number of carbonyl (C=O) groups excluding carboxylic acids is 2. The maximum Gasteiger partial charge on any atom is 0.269 e. The van der Waals surface area contributed by atoms with Gasteiger partial charge in [-0.1, -0.05) is 12.1 Å². The molecule has 1 aliphatic rings. The zero-order valence-corrected chi connectivity index (χ0v) is 17.8. The molecule has 0 spiro atoms. The van der Waals surface area contributed by atoms with E-state index in [0.29, 0.717) is 17.1 Å². The highest BCUT2D eigenvalue weighted by molar-refractivity contribution is 6.12. The maximum absolute atomic E-state index is 13.7. The molecule has 9 heteroatoms. The van der Waals surface area contributed by atoms with Crippen molar-refractivity contribution < 1.29 is 29.1 Å². The van der Waals surface area contributed by atoms with Crippen LogP contribution in [0, 0.1) is 10.1 Å². The third kappa shape index (κ3) is 3.68. The molecule has 2 N–H and O–H groups in total. The molecule has 9 nitrogen and oxygen atoms in total. The van der Waals surface area contributed by atoms with Gasteiger partial charge in [0, 0.05) is 28.9 Å². The van der Waals surface area contributed by atoms with Gasteiger partial charge in [-0.2, -0.15) is 0 Å². The van der Waals surface area contributed by atoms with Crippen molar-refractivity contribution in [3.63, 3.8) is 0 Å². The number of non-ortho nitro benzene ring substituents is 1. The van der Waals surface area contributed by atoms with Gasteiger partial charge in [-0.3, -0.25) is 19.7 Å². The number of hydrogen-bond acceptors (Lipinski definition) is 7. The second kappa shape index (κ2) is 8.36. The van der Waals surface area contributed by atoms with Crippen LogP contribution in [0.4, 0.5) is 11.4 Å². The van der Waals surface area contributed by atoms with Crippen LogP contribution >= 0.6 is 0 Å². The molecule has 3 aromatic carbocycles. The van der Waals surface area contributed by atoms with Crippen molar-refractivity contribution in [1.29, 1.82) is 0 Å². The summed E-state index contributed by atoms with van der Waals surface area (Å²) in [5.41, 5.74) is -1.95. The van der Waals surface area contributed by atoms with E-state index in [1.165, 1.54) is 38.5 Å². The summed E-state index contributed by atoms with van der Waals surface area (Å²) in [5, 5.41) is 25.7. The fourth-order valence-corrected chi connectivity index (χ4v) is 4.00. The summed E-state index contributed by atoms with van der Waals surface area (Å²) >= 11 is 0. The lowest BCUT2D eigenvalue weighted by Gasteiger charge is -2.30. The van der Waals surface area contributed by atoms with E-state index < -0.39 is 28.1 Å². The molecule has 0 unspecified atom stereocenters. The van der Waals surface area contributed by atoms with Gasteiger partial charge in [-0.05, 0) is 48.0 Å². The number of nitro groups is 1. The molecule has 0 radical (unpaired) electrons. The number of fused-ring (bicyclic) bond motifs is 1. The van der Waals surface area contributed by atoms with Crippen LogP contribution in [0.25, 0.3) is 0 Å². The molecule has 33 heavy (non-hydrogen) atoms. The molecule has 1 aliphatic heterocycles. The molecule has 0 saturated heterocycles. The Labute approximate surface area is 188 Å². The quantitative estimate of drug-likeness (QED) is 0.322. The maximum atomic E-state index is 13.7. The van der Waals surface area contributed by atoms with E-state index in [9.17, 15) is 24.8 Å². The lowest BCUT2D eigenvalue weighted by atomic mass is 9.74. The highest BCUT2D eigenvalue weighted by atomic mass is 16.6. The Hall–Kier alpha value is -4.24. The summed E-state index contributed by atoms with van der Waals surface area (Å²) in [6, 6.07) is 16.3. The molecule has 0 bridgehead atoms. The first-order valence-corrected chi connectivity index (χ1v) is 9.94. The van der Waals surface area contributed by atoms with Crippen molar-refractivity contribution in [2.45, 2.75) is 11.5 Å². The smallest absolute Gasteiger partial charge is 0.269 e. The number of nitrogens with zero attached hydrogens (tertiary/aromatic N) is 1. The van der Waals surface area contributed by atoms with E-state index in [4.69, 9.17) is 9.47 Å². The monoisotopic (exact) mass is 448 g/mol. The first-order valence-electron chi connectivity index (χ1n) is 9.94. The number of methoxy groups -OCH3 is 2. The van der Waals surface area contributed by atoms with Gasteiger partial charge < -0.3 is 19.9 Å². The summed E-state index contributed by atoms with van der Waals surface area (Å²) in [5.74, 6) is -1.72. The van der Waals surface area contributed by atoms with Gasteiger partial charge in [-0.25, -0.2) is 0 Å². The Balaban J connectivity index is 1.90. The molecule has 4 rings (SSSR count). The number of Topliss-reactive ketones (excluding diaryl/α,β-unsaturated/α-hetero) is 1. The Bertz CT molecular complexity index is 1240. The fourth-order valence-electron chi connectivity index (χ4n) is 4.00. The number of nitrogens with one attached hydrogen (secondary N) is 1. The second-order valence-corrected chi connectivity index (χ2v) is 7.51. The Morgan fingerprint density at radius 3 is 2.12 bits per heavy atom. The van der Waals surface area contributed by atoms with Crippen molar-refractivity contribution in [1.82, 2.24) is 0 Å². The highest BCUT2D eigenvalue weighted by Gasteiger charge is 2.55. The van der Waals surface area contributed by atoms with Crippen LogP contribution in [0.15, 0.2) is 66.7 Å². The van der Waals surface area contributed by atoms with E-state index in [1.54, 1.807) is 36.4 Å². The molecule has 1 heterocycles. The summed E-state index contributed by atoms with van der Waals surface area (Å²) in [6.45, 7) is 0. The number of ketones is 1. The topological polar surface area (TPSA) is 128 Å². The van der Waals surface area contributed by atoms with Crippen LogP contribution in [0.5, 0.6) is 11.5 Å². The Morgan fingerprint density at radius 2 is 1.58 bits per heavy atom. The van der Waals surface area contributed by atoms with Crippen LogP contribution in [-0.4, -0.2) is 35.9 Å². The van der Waals surface area contributed by atoms with E-state index >= 15 is 0 Å². The minimum Gasteiger partial charge on any atom is -0.497 e. The average Bonchev–Trinajstić information content (AvgIpc) is 3.09. The number of benzene rings is 3. The van der Waals surface area contributed by atoms with Crippen LogP contribution in [0.3, 0.4) is 0 Å². The summed E-state index contributed by atoms with van der Waals surface area (Å²) in [4.78, 5) is 37.5. The molecular weight excluding hydrogens is 428 g/mol. The molecule has 2 atom stereocenters. The SMILES string of the molecule is COc1ccc(C(=O)[C@@H](c2ccc(OC)cc2)[C@@]2(O)C(=O)Nc3ccc([N+](=O)[O-])cc32)cc1. The number of nitro benzene ring substituents is 1. The molecule has 3 aromatic rings. The molecular formula is C24H20N2O7. The third-order valence-corrected chi connectivity index (χ3v) is 5.72. The van der Waals surface area contributed by atoms with E-state index in [-0.39, 0.29) is 22.5 Å². The molecule has 0 fully saturated rings. The van der Waals surface area contributed by atoms with Gasteiger partial charge in [-0.15, -0.1) is 0 Å². The van der Waals surface area contributed by atoms with Crippen LogP contribution < -0.4 is 14.8 Å². The minimum absolute atomic E-state index is 0.0376. The predicted octanol–water partition coefficient (Wildman–Crippen LogP) is 3.42. The van der Waals surface area contributed by atoms with Gasteiger partial charge in [0.1, 0.15) is 11.5 Å². The third-order valence-electron chi connectivity index (χ3n) is 5.72. The lowest BCUT2D eigenvalue weighted by Crippen LogP contribution is -2.44. The van der Waals surface area contributed by atoms with E-state index in [1.807, 2.05) is 0 Å². The largest absolute Gasteiger partial charge is 0.497 e. The van der Waals surface area contributed by atoms with Gasteiger partial charge in [0.05, 0.1) is 25.1 Å². The van der Waals surface area contributed by atoms with Crippen molar-refractivity contribution in [3.8, 4) is 11.5 Å².